The van der Waals surface area contributed by atoms with Gasteiger partial charge < -0.3 is 0 Å². The van der Waals surface area contributed by atoms with Gasteiger partial charge in [0.05, 0.1) is 16.6 Å². The number of benzene rings is 8. The molecule has 0 saturated carbocycles. The third-order valence-electron chi connectivity index (χ3n) is 9.57. The highest BCUT2D eigenvalue weighted by molar-refractivity contribution is 6.35. The Hall–Kier alpha value is -6.32. The molecule has 10 aromatic rings. The zero-order valence-electron chi connectivity index (χ0n) is 25.4. The van der Waals surface area contributed by atoms with Crippen molar-refractivity contribution >= 4 is 65.0 Å². The van der Waals surface area contributed by atoms with Gasteiger partial charge in [-0.2, -0.15) is 0 Å². The van der Waals surface area contributed by atoms with E-state index in [4.69, 9.17) is 9.97 Å². The average Bonchev–Trinajstić information content (AvgIpc) is 3.49. The summed E-state index contributed by atoms with van der Waals surface area (Å²) < 4.78 is 2.35. The molecule has 0 spiro atoms. The Labute approximate surface area is 271 Å². The molecule has 0 saturated heterocycles. The Morgan fingerprint density at radius 1 is 0.340 bits per heavy atom. The van der Waals surface area contributed by atoms with Crippen molar-refractivity contribution in [2.45, 2.75) is 0 Å². The summed E-state index contributed by atoms with van der Waals surface area (Å²) in [5.74, 6) is 1.59. The van der Waals surface area contributed by atoms with Crippen molar-refractivity contribution < 1.29 is 0 Å². The lowest BCUT2D eigenvalue weighted by Crippen LogP contribution is -2.02. The number of para-hydroxylation sites is 2. The van der Waals surface area contributed by atoms with Crippen molar-refractivity contribution in [1.82, 2.24) is 14.5 Å². The second-order valence-electron chi connectivity index (χ2n) is 12.2. The van der Waals surface area contributed by atoms with Crippen molar-refractivity contribution in [3.63, 3.8) is 0 Å². The van der Waals surface area contributed by atoms with Crippen LogP contribution in [-0.4, -0.2) is 14.5 Å². The molecule has 0 aliphatic carbocycles. The van der Waals surface area contributed by atoms with Gasteiger partial charge in [0.2, 0.25) is 0 Å². The van der Waals surface area contributed by atoms with Crippen molar-refractivity contribution in [3.05, 3.63) is 164 Å². The van der Waals surface area contributed by atoms with E-state index in [9.17, 15) is 0 Å². The summed E-state index contributed by atoms with van der Waals surface area (Å²) in [6.07, 6.45) is 0. The van der Waals surface area contributed by atoms with Crippen LogP contribution in [0.4, 0.5) is 0 Å². The maximum absolute atomic E-state index is 5.39. The van der Waals surface area contributed by atoms with Gasteiger partial charge in [-0.15, -0.1) is 0 Å². The van der Waals surface area contributed by atoms with E-state index < -0.39 is 0 Å². The van der Waals surface area contributed by atoms with E-state index in [0.717, 1.165) is 38.9 Å². The molecule has 0 unspecified atom stereocenters. The number of fused-ring (bicyclic) bond motifs is 11. The first kappa shape index (κ1) is 26.0. The normalized spacial score (nSPS) is 11.8. The summed E-state index contributed by atoms with van der Waals surface area (Å²) in [7, 11) is 0. The molecule has 0 amide bonds. The van der Waals surface area contributed by atoms with Gasteiger partial charge in [-0.25, -0.2) is 9.97 Å². The maximum atomic E-state index is 5.39. The van der Waals surface area contributed by atoms with Crippen molar-refractivity contribution in [3.8, 4) is 28.3 Å². The molecule has 2 heterocycles. The van der Waals surface area contributed by atoms with Crippen molar-refractivity contribution in [2.24, 2.45) is 0 Å². The predicted molar refractivity (Wildman–Crippen MR) is 197 cm³/mol. The number of hydrogen-bond acceptors (Lipinski definition) is 2. The second-order valence-corrected chi connectivity index (χ2v) is 12.2. The molecule has 3 heteroatoms. The fourth-order valence-electron chi connectivity index (χ4n) is 7.51. The highest BCUT2D eigenvalue weighted by atomic mass is 15.1. The highest BCUT2D eigenvalue weighted by Gasteiger charge is 2.21. The fraction of sp³-hybridized carbons (Fsp3) is 0. The lowest BCUT2D eigenvalue weighted by atomic mass is 9.92. The summed E-state index contributed by atoms with van der Waals surface area (Å²) in [5.41, 5.74) is 6.48. The summed E-state index contributed by atoms with van der Waals surface area (Å²) in [6.45, 7) is 0. The quantitative estimate of drug-likeness (QED) is 0.190. The van der Waals surface area contributed by atoms with E-state index in [2.05, 4.69) is 162 Å². The van der Waals surface area contributed by atoms with E-state index >= 15 is 0 Å². The molecular weight excluding hydrogens is 571 g/mol. The molecule has 8 aromatic carbocycles. The molecule has 0 fully saturated rings. The minimum atomic E-state index is 0.708. The molecule has 0 aliphatic rings. The molecule has 47 heavy (non-hydrogen) atoms. The van der Waals surface area contributed by atoms with Crippen LogP contribution in [0, 0.1) is 0 Å². The molecular formula is C44H27N3. The molecule has 0 N–H and O–H groups in total. The molecule has 0 radical (unpaired) electrons. The van der Waals surface area contributed by atoms with Crippen LogP contribution in [0.2, 0.25) is 0 Å². The molecule has 2 aromatic heterocycles. The number of aromatic nitrogens is 3. The van der Waals surface area contributed by atoms with Crippen LogP contribution in [0.1, 0.15) is 0 Å². The zero-order chi connectivity index (χ0) is 30.9. The van der Waals surface area contributed by atoms with E-state index in [1.165, 1.54) is 48.7 Å². The number of hydrogen-bond donors (Lipinski definition) is 0. The Kier molecular flexibility index (Phi) is 5.57. The Morgan fingerprint density at radius 3 is 1.70 bits per heavy atom. The van der Waals surface area contributed by atoms with Crippen molar-refractivity contribution in [1.29, 1.82) is 0 Å². The minimum Gasteiger partial charge on any atom is -0.293 e. The molecule has 0 aliphatic heterocycles. The Morgan fingerprint density at radius 2 is 0.915 bits per heavy atom. The smallest absolute Gasteiger partial charge is 0.162 e. The first-order chi connectivity index (χ1) is 23.3. The third-order valence-corrected chi connectivity index (χ3v) is 9.57. The van der Waals surface area contributed by atoms with Crippen LogP contribution < -0.4 is 0 Å². The first-order valence-electron chi connectivity index (χ1n) is 16.0. The predicted octanol–water partition coefficient (Wildman–Crippen LogP) is 11.5. The van der Waals surface area contributed by atoms with Gasteiger partial charge in [-0.3, -0.25) is 4.57 Å². The SMILES string of the molecule is c1ccc(-c2cccc(-c3nc(-n4c5ccccc5c5c6c7ccccc7c7ccccc7c6ccc54)c4ccccc4n3)c2)cc1. The Bertz CT molecular complexity index is 2810. The maximum Gasteiger partial charge on any atom is 0.162 e. The average molecular weight is 598 g/mol. The minimum absolute atomic E-state index is 0.708. The van der Waals surface area contributed by atoms with Crippen LogP contribution in [-0.2, 0) is 0 Å². The van der Waals surface area contributed by atoms with Gasteiger partial charge in [-0.05, 0) is 68.4 Å². The molecule has 10 rings (SSSR count). The third kappa shape index (κ3) is 3.87. The lowest BCUT2D eigenvalue weighted by molar-refractivity contribution is 1.08. The van der Waals surface area contributed by atoms with Crippen LogP contribution >= 0.6 is 0 Å². The van der Waals surface area contributed by atoms with Gasteiger partial charge in [0.15, 0.2) is 5.82 Å². The largest absolute Gasteiger partial charge is 0.293 e. The topological polar surface area (TPSA) is 30.7 Å². The van der Waals surface area contributed by atoms with Crippen LogP contribution in [0.25, 0.3) is 93.4 Å². The first-order valence-corrected chi connectivity index (χ1v) is 16.0. The van der Waals surface area contributed by atoms with E-state index in [1.807, 2.05) is 6.07 Å². The summed E-state index contributed by atoms with van der Waals surface area (Å²) >= 11 is 0. The fourth-order valence-corrected chi connectivity index (χ4v) is 7.51. The summed E-state index contributed by atoms with van der Waals surface area (Å²) in [6, 6.07) is 58.3. The molecule has 3 nitrogen and oxygen atoms in total. The number of nitrogens with zero attached hydrogens (tertiary/aromatic N) is 3. The molecule has 0 atom stereocenters. The van der Waals surface area contributed by atoms with Crippen LogP contribution in [0.5, 0.6) is 0 Å². The zero-order valence-corrected chi connectivity index (χ0v) is 25.4. The highest BCUT2D eigenvalue weighted by Crippen LogP contribution is 2.43. The lowest BCUT2D eigenvalue weighted by Gasteiger charge is -2.14. The van der Waals surface area contributed by atoms with Crippen molar-refractivity contribution in [2.75, 3.05) is 0 Å². The summed E-state index contributed by atoms with van der Waals surface area (Å²) in [4.78, 5) is 10.5. The van der Waals surface area contributed by atoms with Crippen LogP contribution in [0.15, 0.2) is 164 Å². The number of rotatable bonds is 3. The van der Waals surface area contributed by atoms with Gasteiger partial charge in [-0.1, -0.05) is 133 Å². The van der Waals surface area contributed by atoms with Gasteiger partial charge in [0, 0.05) is 27.1 Å². The van der Waals surface area contributed by atoms with Crippen LogP contribution in [0.3, 0.4) is 0 Å². The molecule has 0 bridgehead atoms. The van der Waals surface area contributed by atoms with Gasteiger partial charge in [0.1, 0.15) is 5.82 Å². The summed E-state index contributed by atoms with van der Waals surface area (Å²) in [5, 5.41) is 11.1. The standard InChI is InChI=1S/C44H27N3/c1-2-13-28(14-3-1)29-15-12-16-30(27-29)43-45-38-23-10-8-21-36(38)44(46-43)47-39-24-11-9-22-37(39)42-40(47)26-25-35-33-19-5-4-17-31(33)32-18-6-7-20-34(32)41(35)42/h1-27H. The monoisotopic (exact) mass is 597 g/mol. The van der Waals surface area contributed by atoms with Gasteiger partial charge >= 0.3 is 0 Å². The van der Waals surface area contributed by atoms with E-state index in [-0.39, 0.29) is 0 Å². The second kappa shape index (κ2) is 10.1. The molecule has 218 valence electrons. The van der Waals surface area contributed by atoms with E-state index in [1.54, 1.807) is 0 Å². The van der Waals surface area contributed by atoms with Gasteiger partial charge in [0.25, 0.3) is 0 Å². The Balaban J connectivity index is 1.33. The van der Waals surface area contributed by atoms with E-state index in [0.29, 0.717) is 5.82 Å².